The second-order valence-corrected chi connectivity index (χ2v) is 21.6. The van der Waals surface area contributed by atoms with Crippen molar-refractivity contribution in [2.24, 2.45) is 0 Å². The first-order chi connectivity index (χ1) is 31.1. The maximum atomic E-state index is 14.7. The molecule has 4 atom stereocenters. The lowest BCUT2D eigenvalue weighted by molar-refractivity contribution is -0.145. The van der Waals surface area contributed by atoms with Crippen molar-refractivity contribution in [3.8, 4) is 45.3 Å². The van der Waals surface area contributed by atoms with Gasteiger partial charge in [0.15, 0.2) is 0 Å². The molecule has 0 N–H and O–H groups in total. The van der Waals surface area contributed by atoms with Gasteiger partial charge in [-0.25, -0.2) is 9.59 Å². The molecule has 0 saturated heterocycles. The van der Waals surface area contributed by atoms with Crippen LogP contribution in [-0.2, 0) is 33.6 Å². The Kier molecular flexibility index (Phi) is 12.8. The SMILES string of the molecule is C=C(C)C(=O)OC(COc1ccc(C(C)(C)c2ccc(OCC(CP3(=O)Oc4ccccc4-c4ccccc43)OC(=O)C(=C)C)cc2)cc1)CP1(=O)Oc2ccccc2-c2ccccc21. The Morgan fingerprint density at radius 3 is 1.23 bits per heavy atom. The first-order valence-electron chi connectivity index (χ1n) is 21.3. The average molecular weight is 909 g/mol. The zero-order valence-electron chi connectivity index (χ0n) is 36.7. The molecule has 65 heavy (non-hydrogen) atoms. The lowest BCUT2D eigenvalue weighted by Crippen LogP contribution is -2.33. The number of ether oxygens (including phenoxy) is 4. The highest BCUT2D eigenvalue weighted by Gasteiger charge is 2.41. The smallest absolute Gasteiger partial charge is 0.333 e. The van der Waals surface area contributed by atoms with Crippen LogP contribution in [0, 0.1) is 0 Å². The van der Waals surface area contributed by atoms with E-state index in [0.717, 1.165) is 33.4 Å². The van der Waals surface area contributed by atoms with Crippen molar-refractivity contribution in [3.63, 3.8) is 0 Å². The van der Waals surface area contributed by atoms with Crippen LogP contribution < -0.4 is 29.1 Å². The van der Waals surface area contributed by atoms with Crippen molar-refractivity contribution in [1.29, 1.82) is 0 Å². The molecule has 0 amide bonds. The number of para-hydroxylation sites is 2. The van der Waals surface area contributed by atoms with Gasteiger partial charge in [-0.2, -0.15) is 0 Å². The van der Waals surface area contributed by atoms with Gasteiger partial charge in [-0.15, -0.1) is 0 Å². The molecule has 332 valence electrons. The molecule has 0 aromatic heterocycles. The van der Waals surface area contributed by atoms with E-state index in [-0.39, 0.29) is 36.7 Å². The predicted molar refractivity (Wildman–Crippen MR) is 255 cm³/mol. The second-order valence-electron chi connectivity index (χ2n) is 16.8. The van der Waals surface area contributed by atoms with Crippen molar-refractivity contribution in [3.05, 3.63) is 181 Å². The van der Waals surface area contributed by atoms with E-state index in [4.69, 9.17) is 28.0 Å². The molecule has 6 aromatic rings. The van der Waals surface area contributed by atoms with Gasteiger partial charge in [0.1, 0.15) is 48.4 Å². The quantitative estimate of drug-likeness (QED) is 0.0527. The van der Waals surface area contributed by atoms with E-state index in [1.165, 1.54) is 0 Å². The topological polar surface area (TPSA) is 124 Å². The standard InChI is InChI=1S/C53H50O10P2/c1-35(2)51(54)60-41(33-64(56)49-21-13-9-17-45(49)43-15-7-11-19-47(43)62-64)31-58-39-27-23-37(24-28-39)53(5,6)38-25-29-40(30-26-38)59-32-42(61-52(55)36(3)4)34-65(57)50-22-14-10-18-46(50)44-16-8-12-20-48(44)63-65/h7-30,41-42H,1,3,31-34H2,2,4-6H3. The van der Waals surface area contributed by atoms with Gasteiger partial charge in [0.05, 0.1) is 22.9 Å². The Morgan fingerprint density at radius 1 is 0.523 bits per heavy atom. The van der Waals surface area contributed by atoms with Gasteiger partial charge < -0.3 is 28.0 Å². The third-order valence-electron chi connectivity index (χ3n) is 11.5. The van der Waals surface area contributed by atoms with Gasteiger partial charge >= 0.3 is 11.9 Å². The van der Waals surface area contributed by atoms with Crippen molar-refractivity contribution in [1.82, 2.24) is 0 Å². The molecule has 6 aromatic carbocycles. The van der Waals surface area contributed by atoms with Crippen molar-refractivity contribution >= 4 is 37.3 Å². The molecule has 0 saturated carbocycles. The fraction of sp³-hybridized carbons (Fsp3) is 0.208. The summed E-state index contributed by atoms with van der Waals surface area (Å²) in [5.41, 5.74) is 5.32. The number of fused-ring (bicyclic) bond motifs is 6. The summed E-state index contributed by atoms with van der Waals surface area (Å²) in [6.07, 6.45) is -2.01. The number of esters is 2. The molecule has 2 aliphatic rings. The maximum Gasteiger partial charge on any atom is 0.333 e. The molecular formula is C53H50O10P2. The molecule has 0 radical (unpaired) electrons. The highest BCUT2D eigenvalue weighted by atomic mass is 31.2. The zero-order chi connectivity index (χ0) is 45.9. The predicted octanol–water partition coefficient (Wildman–Crippen LogP) is 11.1. The summed E-state index contributed by atoms with van der Waals surface area (Å²) < 4.78 is 65.7. The Labute approximate surface area is 379 Å². The maximum absolute atomic E-state index is 14.7. The monoisotopic (exact) mass is 908 g/mol. The van der Waals surface area contributed by atoms with Gasteiger partial charge in [0.2, 0.25) is 0 Å². The van der Waals surface area contributed by atoms with Crippen LogP contribution in [0.25, 0.3) is 22.3 Å². The first kappa shape index (κ1) is 45.0. The molecule has 0 spiro atoms. The van der Waals surface area contributed by atoms with E-state index in [1.54, 1.807) is 38.1 Å². The lowest BCUT2D eigenvalue weighted by atomic mass is 9.78. The van der Waals surface area contributed by atoms with Crippen LogP contribution in [-0.4, -0.2) is 49.7 Å². The molecular weight excluding hydrogens is 859 g/mol. The summed E-state index contributed by atoms with van der Waals surface area (Å²) in [5, 5.41) is 1.13. The number of hydrogen-bond acceptors (Lipinski definition) is 10. The van der Waals surface area contributed by atoms with Crippen LogP contribution in [0.2, 0.25) is 0 Å². The number of carbonyl (C=O) groups is 2. The minimum Gasteiger partial charge on any atom is -0.490 e. The molecule has 0 aliphatic carbocycles. The van der Waals surface area contributed by atoms with E-state index < -0.39 is 44.3 Å². The average Bonchev–Trinajstić information content (AvgIpc) is 3.30. The number of rotatable bonds is 16. The van der Waals surface area contributed by atoms with Gasteiger partial charge in [-0.3, -0.25) is 9.13 Å². The lowest BCUT2D eigenvalue weighted by Gasteiger charge is -2.31. The Hall–Kier alpha value is -6.60. The van der Waals surface area contributed by atoms with Gasteiger partial charge in [-0.1, -0.05) is 124 Å². The molecule has 0 fully saturated rings. The minimum atomic E-state index is -3.55. The normalized spacial score (nSPS) is 17.8. The van der Waals surface area contributed by atoms with Gasteiger partial charge in [-0.05, 0) is 84.6 Å². The van der Waals surface area contributed by atoms with E-state index in [9.17, 15) is 18.7 Å². The van der Waals surface area contributed by atoms with Crippen LogP contribution >= 0.6 is 14.7 Å². The number of carbonyl (C=O) groups excluding carboxylic acids is 2. The van der Waals surface area contributed by atoms with Gasteiger partial charge in [0, 0.05) is 27.7 Å². The van der Waals surface area contributed by atoms with Crippen molar-refractivity contribution < 1.29 is 46.7 Å². The van der Waals surface area contributed by atoms with Crippen LogP contribution in [0.4, 0.5) is 0 Å². The molecule has 8 rings (SSSR count). The van der Waals surface area contributed by atoms with Crippen LogP contribution in [0.15, 0.2) is 170 Å². The largest absolute Gasteiger partial charge is 0.490 e. The second kappa shape index (κ2) is 18.5. The summed E-state index contributed by atoms with van der Waals surface area (Å²) in [7, 11) is -7.10. The molecule has 0 bridgehead atoms. The molecule has 2 heterocycles. The Morgan fingerprint density at radius 2 is 0.862 bits per heavy atom. The fourth-order valence-corrected chi connectivity index (χ4v) is 12.9. The minimum absolute atomic E-state index is 0.0700. The van der Waals surface area contributed by atoms with E-state index in [2.05, 4.69) is 27.0 Å². The third-order valence-corrected chi connectivity index (χ3v) is 16.6. The van der Waals surface area contributed by atoms with Gasteiger partial charge in [0.25, 0.3) is 14.7 Å². The highest BCUT2D eigenvalue weighted by molar-refractivity contribution is 7.68. The summed E-state index contributed by atoms with van der Waals surface area (Å²) in [4.78, 5) is 25.6. The molecule has 4 unspecified atom stereocenters. The third kappa shape index (κ3) is 9.61. The van der Waals surface area contributed by atoms with Crippen molar-refractivity contribution in [2.75, 3.05) is 25.5 Å². The number of hydrogen-bond donors (Lipinski definition) is 0. The Balaban J connectivity index is 0.932. The first-order valence-corrected chi connectivity index (χ1v) is 24.9. The molecule has 2 aliphatic heterocycles. The number of benzene rings is 6. The summed E-state index contributed by atoms with van der Waals surface area (Å²) >= 11 is 0. The van der Waals surface area contributed by atoms with Crippen LogP contribution in [0.3, 0.4) is 0 Å². The fourth-order valence-electron chi connectivity index (χ4n) is 7.99. The van der Waals surface area contributed by atoms with Crippen LogP contribution in [0.1, 0.15) is 38.8 Å². The van der Waals surface area contributed by atoms with E-state index >= 15 is 0 Å². The highest BCUT2D eigenvalue weighted by Crippen LogP contribution is 2.56. The van der Waals surface area contributed by atoms with E-state index in [0.29, 0.717) is 33.6 Å². The zero-order valence-corrected chi connectivity index (χ0v) is 38.5. The van der Waals surface area contributed by atoms with E-state index in [1.807, 2.05) is 121 Å². The van der Waals surface area contributed by atoms with Crippen molar-refractivity contribution in [2.45, 2.75) is 45.3 Å². The summed E-state index contributed by atoms with van der Waals surface area (Å²) in [6, 6.07) is 45.0. The summed E-state index contributed by atoms with van der Waals surface area (Å²) in [6.45, 7) is 14.6. The summed E-state index contributed by atoms with van der Waals surface area (Å²) in [5.74, 6) is 0.866. The molecule has 12 heteroatoms. The van der Waals surface area contributed by atoms with Crippen LogP contribution in [0.5, 0.6) is 23.0 Å². The molecule has 10 nitrogen and oxygen atoms in total. The Bertz CT molecular complexity index is 2690.